The second-order valence-electron chi connectivity index (χ2n) is 6.28. The number of benzene rings is 1. The van der Waals surface area contributed by atoms with Gasteiger partial charge in [0.15, 0.2) is 11.5 Å². The monoisotopic (exact) mass is 320 g/mol. The summed E-state index contributed by atoms with van der Waals surface area (Å²) in [6.07, 6.45) is 4.29. The second kappa shape index (κ2) is 7.57. The molecule has 0 atom stereocenters. The molecule has 0 aliphatic heterocycles. The van der Waals surface area contributed by atoms with Gasteiger partial charge in [0.2, 0.25) is 0 Å². The third kappa shape index (κ3) is 4.09. The van der Waals surface area contributed by atoms with E-state index in [9.17, 15) is 4.79 Å². The molecule has 23 heavy (non-hydrogen) atoms. The van der Waals surface area contributed by atoms with E-state index in [1.165, 1.54) is 5.56 Å². The number of hydrogen-bond donors (Lipinski definition) is 1. The Labute approximate surface area is 139 Å². The average Bonchev–Trinajstić information content (AvgIpc) is 3.37. The van der Waals surface area contributed by atoms with Crippen molar-refractivity contribution in [3.8, 4) is 11.5 Å². The molecular weight excluding hydrogens is 292 g/mol. The van der Waals surface area contributed by atoms with Crippen molar-refractivity contribution in [2.75, 3.05) is 34.4 Å². The molecule has 0 radical (unpaired) electrons. The molecule has 1 aliphatic rings. The highest BCUT2D eigenvalue weighted by atomic mass is 16.5. The van der Waals surface area contributed by atoms with Crippen LogP contribution in [0.2, 0.25) is 0 Å². The van der Waals surface area contributed by atoms with Gasteiger partial charge in [-0.25, -0.2) is 4.79 Å². The zero-order valence-corrected chi connectivity index (χ0v) is 14.6. The Balaban J connectivity index is 1.99. The lowest BCUT2D eigenvalue weighted by Crippen LogP contribution is -2.41. The van der Waals surface area contributed by atoms with E-state index in [1.807, 2.05) is 19.2 Å². The maximum absolute atomic E-state index is 12.1. The lowest BCUT2D eigenvalue weighted by Gasteiger charge is -2.22. The Hall–Kier alpha value is -1.91. The minimum atomic E-state index is 0.00482. The number of carbonyl (C=O) groups excluding carboxylic acids is 1. The van der Waals surface area contributed by atoms with Crippen molar-refractivity contribution in [1.29, 1.82) is 0 Å². The lowest BCUT2D eigenvalue weighted by molar-refractivity contribution is 0.207. The molecule has 0 saturated heterocycles. The summed E-state index contributed by atoms with van der Waals surface area (Å²) in [5.74, 6) is 1.47. The van der Waals surface area contributed by atoms with Gasteiger partial charge in [0, 0.05) is 25.6 Å². The first-order chi connectivity index (χ1) is 11.1. The van der Waals surface area contributed by atoms with Crippen molar-refractivity contribution in [3.63, 3.8) is 0 Å². The molecule has 2 amide bonds. The molecule has 1 aliphatic carbocycles. The number of hydrogen-bond acceptors (Lipinski definition) is 3. The Kier molecular flexibility index (Phi) is 5.74. The lowest BCUT2D eigenvalue weighted by atomic mass is 9.95. The first-order valence-corrected chi connectivity index (χ1v) is 8.28. The van der Waals surface area contributed by atoms with Gasteiger partial charge in [-0.15, -0.1) is 0 Å². The van der Waals surface area contributed by atoms with E-state index in [1.54, 1.807) is 19.1 Å². The van der Waals surface area contributed by atoms with Crippen molar-refractivity contribution in [1.82, 2.24) is 10.2 Å². The second-order valence-corrected chi connectivity index (χ2v) is 6.28. The maximum atomic E-state index is 12.1. The summed E-state index contributed by atoms with van der Waals surface area (Å²) in [6.45, 7) is 3.59. The molecule has 0 spiro atoms. The molecule has 5 heteroatoms. The summed E-state index contributed by atoms with van der Waals surface area (Å²) in [5, 5.41) is 3.07. The van der Waals surface area contributed by atoms with E-state index < -0.39 is 0 Å². The number of urea groups is 1. The largest absolute Gasteiger partial charge is 0.493 e. The number of rotatable bonds is 8. The van der Waals surface area contributed by atoms with Crippen molar-refractivity contribution < 1.29 is 14.3 Å². The summed E-state index contributed by atoms with van der Waals surface area (Å²) in [4.78, 5) is 13.9. The highest BCUT2D eigenvalue weighted by Gasteiger charge is 2.44. The van der Waals surface area contributed by atoms with Crippen LogP contribution in [0, 0.1) is 0 Å². The van der Waals surface area contributed by atoms with Crippen LogP contribution in [-0.2, 0) is 5.41 Å². The number of methoxy groups -OCH3 is 2. The van der Waals surface area contributed by atoms with E-state index in [0.29, 0.717) is 6.54 Å². The predicted molar refractivity (Wildman–Crippen MR) is 91.4 cm³/mol. The average molecular weight is 320 g/mol. The molecule has 1 saturated carbocycles. The first-order valence-electron chi connectivity index (χ1n) is 8.28. The molecule has 5 nitrogen and oxygen atoms in total. The smallest absolute Gasteiger partial charge is 0.317 e. The van der Waals surface area contributed by atoms with Gasteiger partial charge < -0.3 is 19.7 Å². The van der Waals surface area contributed by atoms with Crippen LogP contribution in [-0.4, -0.2) is 45.3 Å². The Bertz CT molecular complexity index is 541. The summed E-state index contributed by atoms with van der Waals surface area (Å²) in [7, 11) is 5.13. The number of ether oxygens (including phenoxy) is 2. The van der Waals surface area contributed by atoms with E-state index in [4.69, 9.17) is 9.47 Å². The topological polar surface area (TPSA) is 50.8 Å². The van der Waals surface area contributed by atoms with E-state index in [-0.39, 0.29) is 11.4 Å². The zero-order valence-electron chi connectivity index (χ0n) is 14.6. The number of nitrogens with zero attached hydrogens (tertiary/aromatic N) is 1. The SMILES string of the molecule is CCCCN(C)C(=O)NCC1(c2ccc(OC)c(OC)c2)CC1. The highest BCUT2D eigenvalue weighted by Crippen LogP contribution is 2.49. The number of nitrogens with one attached hydrogen (secondary N) is 1. The van der Waals surface area contributed by atoms with E-state index >= 15 is 0 Å². The van der Waals surface area contributed by atoms with Gasteiger partial charge in [0.1, 0.15) is 0 Å². The number of unbranched alkanes of at least 4 members (excludes halogenated alkanes) is 1. The summed E-state index contributed by atoms with van der Waals surface area (Å²) in [6, 6.07) is 6.04. The minimum Gasteiger partial charge on any atom is -0.493 e. The van der Waals surface area contributed by atoms with Gasteiger partial charge in [0.05, 0.1) is 14.2 Å². The van der Waals surface area contributed by atoms with Crippen LogP contribution in [0.25, 0.3) is 0 Å². The molecule has 2 rings (SSSR count). The van der Waals surface area contributed by atoms with Crippen molar-refractivity contribution in [2.24, 2.45) is 0 Å². The van der Waals surface area contributed by atoms with E-state index in [0.717, 1.165) is 43.7 Å². The molecule has 0 aromatic heterocycles. The fourth-order valence-electron chi connectivity index (χ4n) is 2.76. The van der Waals surface area contributed by atoms with Crippen LogP contribution in [0.1, 0.15) is 38.2 Å². The maximum Gasteiger partial charge on any atom is 0.317 e. The molecule has 0 bridgehead atoms. The number of amides is 2. The normalized spacial score (nSPS) is 15.0. The molecule has 1 N–H and O–H groups in total. The van der Waals surface area contributed by atoms with Gasteiger partial charge in [-0.05, 0) is 37.0 Å². The van der Waals surface area contributed by atoms with E-state index in [2.05, 4.69) is 18.3 Å². The van der Waals surface area contributed by atoms with Gasteiger partial charge in [-0.1, -0.05) is 19.4 Å². The molecule has 0 heterocycles. The highest BCUT2D eigenvalue weighted by molar-refractivity contribution is 5.74. The van der Waals surface area contributed by atoms with Crippen molar-refractivity contribution in [3.05, 3.63) is 23.8 Å². The summed E-state index contributed by atoms with van der Waals surface area (Å²) >= 11 is 0. The van der Waals surface area contributed by atoms with Crippen LogP contribution in [0.15, 0.2) is 18.2 Å². The first kappa shape index (κ1) is 17.4. The zero-order chi connectivity index (χ0) is 16.9. The Morgan fingerprint density at radius 1 is 1.26 bits per heavy atom. The van der Waals surface area contributed by atoms with Gasteiger partial charge in [-0.3, -0.25) is 0 Å². The molecular formula is C18H28N2O3. The van der Waals surface area contributed by atoms with Crippen LogP contribution in [0.4, 0.5) is 4.79 Å². The fraction of sp³-hybridized carbons (Fsp3) is 0.611. The molecule has 0 unspecified atom stereocenters. The quantitative estimate of drug-likeness (QED) is 0.800. The van der Waals surface area contributed by atoms with Gasteiger partial charge in [-0.2, -0.15) is 0 Å². The van der Waals surface area contributed by atoms with Crippen LogP contribution < -0.4 is 14.8 Å². The van der Waals surface area contributed by atoms with Crippen LogP contribution in [0.3, 0.4) is 0 Å². The number of carbonyl (C=O) groups is 1. The van der Waals surface area contributed by atoms with Crippen LogP contribution >= 0.6 is 0 Å². The fourth-order valence-corrected chi connectivity index (χ4v) is 2.76. The summed E-state index contributed by atoms with van der Waals surface area (Å²) < 4.78 is 10.7. The van der Waals surface area contributed by atoms with Gasteiger partial charge >= 0.3 is 6.03 Å². The Morgan fingerprint density at radius 2 is 1.96 bits per heavy atom. The molecule has 1 fully saturated rings. The predicted octanol–water partition coefficient (Wildman–Crippen LogP) is 3.18. The third-order valence-electron chi connectivity index (χ3n) is 4.62. The third-order valence-corrected chi connectivity index (χ3v) is 4.62. The van der Waals surface area contributed by atoms with Gasteiger partial charge in [0.25, 0.3) is 0 Å². The van der Waals surface area contributed by atoms with Crippen LogP contribution in [0.5, 0.6) is 11.5 Å². The minimum absolute atomic E-state index is 0.00482. The molecule has 1 aromatic carbocycles. The van der Waals surface area contributed by atoms with Crippen molar-refractivity contribution in [2.45, 2.75) is 38.0 Å². The molecule has 1 aromatic rings. The standard InChI is InChI=1S/C18H28N2O3/c1-5-6-11-20(2)17(21)19-13-18(9-10-18)14-7-8-15(22-3)16(12-14)23-4/h7-8,12H,5-6,9-11,13H2,1-4H3,(H,19,21). The van der Waals surface area contributed by atoms with Crippen molar-refractivity contribution >= 4 is 6.03 Å². The Morgan fingerprint density at radius 3 is 2.52 bits per heavy atom. The molecule has 128 valence electrons. The summed E-state index contributed by atoms with van der Waals surface area (Å²) in [5.41, 5.74) is 1.24.